The van der Waals surface area contributed by atoms with Crippen LogP contribution in [0.15, 0.2) is 59.0 Å². The zero-order valence-corrected chi connectivity index (χ0v) is 13.4. The normalized spacial score (nSPS) is 10.7. The third-order valence-electron chi connectivity index (χ3n) is 3.69. The molecule has 1 N–H and O–H groups in total. The first-order chi connectivity index (χ1) is 11.3. The second-order valence-corrected chi connectivity index (χ2v) is 5.34. The predicted octanol–water partition coefficient (Wildman–Crippen LogP) is 3.95. The van der Waals surface area contributed by atoms with E-state index in [2.05, 4.69) is 22.4 Å². The van der Waals surface area contributed by atoms with Crippen LogP contribution in [0.2, 0.25) is 0 Å². The number of methoxy groups -OCH3 is 1. The summed E-state index contributed by atoms with van der Waals surface area (Å²) in [4.78, 5) is 4.59. The summed E-state index contributed by atoms with van der Waals surface area (Å²) >= 11 is 0. The van der Waals surface area contributed by atoms with Crippen LogP contribution in [0, 0.1) is 6.92 Å². The SMILES string of the molecule is COc1ccc(CNCc2nc(-c3ccccc3)oc2C)cc1. The van der Waals surface area contributed by atoms with E-state index in [1.807, 2.05) is 49.4 Å². The fraction of sp³-hybridized carbons (Fsp3) is 0.211. The molecule has 2 aromatic carbocycles. The minimum Gasteiger partial charge on any atom is -0.497 e. The number of hydrogen-bond donors (Lipinski definition) is 1. The minimum atomic E-state index is 0.671. The molecule has 3 aromatic rings. The van der Waals surface area contributed by atoms with Crippen molar-refractivity contribution in [2.24, 2.45) is 0 Å². The molecular weight excluding hydrogens is 288 g/mol. The lowest BCUT2D eigenvalue weighted by Gasteiger charge is -2.05. The van der Waals surface area contributed by atoms with Crippen LogP contribution in [-0.4, -0.2) is 12.1 Å². The molecule has 1 heterocycles. The highest BCUT2D eigenvalue weighted by Crippen LogP contribution is 2.21. The van der Waals surface area contributed by atoms with Crippen molar-refractivity contribution in [3.8, 4) is 17.2 Å². The van der Waals surface area contributed by atoms with E-state index in [1.165, 1.54) is 5.56 Å². The second kappa shape index (κ2) is 7.11. The molecule has 0 aliphatic rings. The van der Waals surface area contributed by atoms with Gasteiger partial charge in [0, 0.05) is 18.7 Å². The molecule has 0 saturated heterocycles. The van der Waals surface area contributed by atoms with Gasteiger partial charge in [-0.1, -0.05) is 30.3 Å². The highest BCUT2D eigenvalue weighted by atomic mass is 16.5. The molecule has 0 radical (unpaired) electrons. The zero-order valence-electron chi connectivity index (χ0n) is 13.4. The molecule has 0 aliphatic heterocycles. The van der Waals surface area contributed by atoms with Crippen molar-refractivity contribution in [1.29, 1.82) is 0 Å². The molecule has 1 aromatic heterocycles. The van der Waals surface area contributed by atoms with Crippen LogP contribution in [-0.2, 0) is 13.1 Å². The van der Waals surface area contributed by atoms with E-state index in [-0.39, 0.29) is 0 Å². The average molecular weight is 308 g/mol. The van der Waals surface area contributed by atoms with Gasteiger partial charge in [-0.15, -0.1) is 0 Å². The zero-order chi connectivity index (χ0) is 16.1. The van der Waals surface area contributed by atoms with Gasteiger partial charge in [-0.3, -0.25) is 0 Å². The molecule has 0 amide bonds. The topological polar surface area (TPSA) is 47.3 Å². The number of nitrogens with zero attached hydrogens (tertiary/aromatic N) is 1. The minimum absolute atomic E-state index is 0.671. The van der Waals surface area contributed by atoms with Crippen molar-refractivity contribution in [3.05, 3.63) is 71.6 Å². The first-order valence-corrected chi connectivity index (χ1v) is 7.61. The molecule has 0 bridgehead atoms. The fourth-order valence-electron chi connectivity index (χ4n) is 2.36. The average Bonchev–Trinajstić information content (AvgIpc) is 2.97. The summed E-state index contributed by atoms with van der Waals surface area (Å²) in [5.41, 5.74) is 3.14. The standard InChI is InChI=1S/C19H20N2O2/c1-14-18(21-19(23-14)16-6-4-3-5-7-16)13-20-12-15-8-10-17(22-2)11-9-15/h3-11,20H,12-13H2,1-2H3. The molecule has 3 rings (SSSR count). The summed E-state index contributed by atoms with van der Waals surface area (Å²) in [5.74, 6) is 2.39. The van der Waals surface area contributed by atoms with Crippen molar-refractivity contribution >= 4 is 0 Å². The van der Waals surface area contributed by atoms with Gasteiger partial charge < -0.3 is 14.5 Å². The molecule has 4 nitrogen and oxygen atoms in total. The van der Waals surface area contributed by atoms with Crippen molar-refractivity contribution < 1.29 is 9.15 Å². The van der Waals surface area contributed by atoms with E-state index in [4.69, 9.17) is 9.15 Å². The molecule has 0 fully saturated rings. The van der Waals surface area contributed by atoms with Crippen LogP contribution >= 0.6 is 0 Å². The van der Waals surface area contributed by atoms with Crippen molar-refractivity contribution in [1.82, 2.24) is 10.3 Å². The van der Waals surface area contributed by atoms with Gasteiger partial charge in [0.25, 0.3) is 0 Å². The van der Waals surface area contributed by atoms with E-state index >= 15 is 0 Å². The molecular formula is C19H20N2O2. The summed E-state index contributed by atoms with van der Waals surface area (Å²) in [6.45, 7) is 3.40. The molecule has 23 heavy (non-hydrogen) atoms. The first kappa shape index (κ1) is 15.3. The van der Waals surface area contributed by atoms with E-state index in [1.54, 1.807) is 7.11 Å². The van der Waals surface area contributed by atoms with Gasteiger partial charge in [-0.25, -0.2) is 4.98 Å². The predicted molar refractivity (Wildman–Crippen MR) is 90.2 cm³/mol. The van der Waals surface area contributed by atoms with E-state index in [9.17, 15) is 0 Å². The lowest BCUT2D eigenvalue weighted by molar-refractivity contribution is 0.414. The Morgan fingerprint density at radius 2 is 1.74 bits per heavy atom. The molecule has 0 aliphatic carbocycles. The summed E-state index contributed by atoms with van der Waals surface area (Å²) in [5, 5.41) is 3.40. The Bertz CT molecular complexity index is 749. The summed E-state index contributed by atoms with van der Waals surface area (Å²) in [6, 6.07) is 18.0. The van der Waals surface area contributed by atoms with Gasteiger partial charge in [-0.2, -0.15) is 0 Å². The Balaban J connectivity index is 1.61. The fourth-order valence-corrected chi connectivity index (χ4v) is 2.36. The Hall–Kier alpha value is -2.59. The number of benzene rings is 2. The maximum atomic E-state index is 5.77. The van der Waals surface area contributed by atoms with E-state index < -0.39 is 0 Å². The summed E-state index contributed by atoms with van der Waals surface area (Å²) in [7, 11) is 1.67. The number of oxazole rings is 1. The van der Waals surface area contributed by atoms with Gasteiger partial charge in [0.1, 0.15) is 11.5 Å². The maximum absolute atomic E-state index is 5.77. The highest BCUT2D eigenvalue weighted by Gasteiger charge is 2.10. The van der Waals surface area contributed by atoms with Crippen LogP contribution in [0.25, 0.3) is 11.5 Å². The Labute approximate surface area is 136 Å². The summed E-state index contributed by atoms with van der Waals surface area (Å²) < 4.78 is 10.9. The van der Waals surface area contributed by atoms with Crippen LogP contribution in [0.3, 0.4) is 0 Å². The maximum Gasteiger partial charge on any atom is 0.226 e. The summed E-state index contributed by atoms with van der Waals surface area (Å²) in [6.07, 6.45) is 0. The number of aromatic nitrogens is 1. The third kappa shape index (κ3) is 3.79. The molecule has 4 heteroatoms. The van der Waals surface area contributed by atoms with Crippen molar-refractivity contribution in [3.63, 3.8) is 0 Å². The Morgan fingerprint density at radius 3 is 2.43 bits per heavy atom. The second-order valence-electron chi connectivity index (χ2n) is 5.34. The number of aryl methyl sites for hydroxylation is 1. The van der Waals surface area contributed by atoms with Gasteiger partial charge >= 0.3 is 0 Å². The molecule has 0 spiro atoms. The number of nitrogens with one attached hydrogen (secondary N) is 1. The molecule has 0 saturated carbocycles. The quantitative estimate of drug-likeness (QED) is 0.749. The smallest absolute Gasteiger partial charge is 0.226 e. The molecule has 118 valence electrons. The number of ether oxygens (including phenoxy) is 1. The lowest BCUT2D eigenvalue weighted by Crippen LogP contribution is -2.13. The van der Waals surface area contributed by atoms with Crippen LogP contribution in [0.1, 0.15) is 17.0 Å². The van der Waals surface area contributed by atoms with E-state index in [0.717, 1.165) is 29.3 Å². The van der Waals surface area contributed by atoms with Crippen molar-refractivity contribution in [2.45, 2.75) is 20.0 Å². The van der Waals surface area contributed by atoms with Crippen LogP contribution < -0.4 is 10.1 Å². The Morgan fingerprint density at radius 1 is 1.00 bits per heavy atom. The number of rotatable bonds is 6. The number of hydrogen-bond acceptors (Lipinski definition) is 4. The monoisotopic (exact) mass is 308 g/mol. The van der Waals surface area contributed by atoms with Gasteiger partial charge in [0.05, 0.1) is 12.8 Å². The van der Waals surface area contributed by atoms with Crippen LogP contribution in [0.4, 0.5) is 0 Å². The molecule has 0 atom stereocenters. The first-order valence-electron chi connectivity index (χ1n) is 7.61. The highest BCUT2D eigenvalue weighted by molar-refractivity contribution is 5.53. The van der Waals surface area contributed by atoms with Crippen LogP contribution in [0.5, 0.6) is 5.75 Å². The molecule has 0 unspecified atom stereocenters. The van der Waals surface area contributed by atoms with Gasteiger partial charge in [0.2, 0.25) is 5.89 Å². The Kier molecular flexibility index (Phi) is 4.74. The van der Waals surface area contributed by atoms with Gasteiger partial charge in [0.15, 0.2) is 0 Å². The largest absolute Gasteiger partial charge is 0.497 e. The third-order valence-corrected chi connectivity index (χ3v) is 3.69. The van der Waals surface area contributed by atoms with E-state index in [0.29, 0.717) is 12.4 Å². The van der Waals surface area contributed by atoms with Crippen molar-refractivity contribution in [2.75, 3.05) is 7.11 Å². The lowest BCUT2D eigenvalue weighted by atomic mass is 10.2. The van der Waals surface area contributed by atoms with Gasteiger partial charge in [-0.05, 0) is 36.8 Å².